The fraction of sp³-hybridized carbons (Fsp3) is 0.444. The molecule has 6 heteroatoms. The lowest BCUT2D eigenvalue weighted by Crippen LogP contribution is -2.51. The highest BCUT2D eigenvalue weighted by atomic mass is 16.2. The second-order valence-corrected chi connectivity index (χ2v) is 6.44. The Morgan fingerprint density at radius 2 is 1.92 bits per heavy atom. The molecule has 1 saturated heterocycles. The van der Waals surface area contributed by atoms with Gasteiger partial charge < -0.3 is 15.1 Å². The molecule has 1 aromatic heterocycles. The minimum Gasteiger partial charge on any atom is -0.322 e. The van der Waals surface area contributed by atoms with Crippen LogP contribution in [0.25, 0.3) is 10.9 Å². The van der Waals surface area contributed by atoms with E-state index < -0.39 is 0 Å². The number of carbonyl (C=O) groups is 1. The van der Waals surface area contributed by atoms with E-state index in [1.165, 1.54) is 0 Å². The molecule has 0 atom stereocenters. The first-order valence-corrected chi connectivity index (χ1v) is 8.40. The molecule has 0 bridgehead atoms. The van der Waals surface area contributed by atoms with Crippen LogP contribution in [0, 0.1) is 0 Å². The summed E-state index contributed by atoms with van der Waals surface area (Å²) in [5.41, 5.74) is 1.60. The van der Waals surface area contributed by atoms with Crippen LogP contribution in [0.3, 0.4) is 0 Å². The number of para-hydroxylation sites is 1. The molecule has 1 N–H and O–H groups in total. The summed E-state index contributed by atoms with van der Waals surface area (Å²) in [6, 6.07) is 9.71. The molecule has 6 nitrogen and oxygen atoms in total. The van der Waals surface area contributed by atoms with Crippen LogP contribution in [-0.2, 0) is 0 Å². The minimum absolute atomic E-state index is 0.0413. The zero-order chi connectivity index (χ0) is 16.9. The summed E-state index contributed by atoms with van der Waals surface area (Å²) in [7, 11) is 4.17. The molecule has 1 aliphatic rings. The largest absolute Gasteiger partial charge is 0.322 e. The normalized spacial score (nSPS) is 15.9. The van der Waals surface area contributed by atoms with Crippen molar-refractivity contribution in [3.8, 4) is 0 Å². The van der Waals surface area contributed by atoms with Gasteiger partial charge in [-0.3, -0.25) is 9.88 Å². The standard InChI is InChI=1S/C18H25N5O/c1-21(2)9-10-22-11-13-23(14-12-22)18(24)20-16-7-3-5-15-6-4-8-19-17(15)16/h3-8H,9-14H2,1-2H3,(H,20,24). The molecule has 3 rings (SSSR count). The Labute approximate surface area is 143 Å². The van der Waals surface area contributed by atoms with Gasteiger partial charge in [-0.25, -0.2) is 4.79 Å². The van der Waals surface area contributed by atoms with Crippen LogP contribution in [0.1, 0.15) is 0 Å². The van der Waals surface area contributed by atoms with E-state index in [4.69, 9.17) is 0 Å². The molecule has 2 aromatic rings. The van der Waals surface area contributed by atoms with E-state index in [-0.39, 0.29) is 6.03 Å². The number of anilines is 1. The number of carbonyl (C=O) groups excluding carboxylic acids is 1. The third kappa shape index (κ3) is 4.01. The maximum absolute atomic E-state index is 12.5. The Hall–Kier alpha value is -2.18. The number of urea groups is 1. The number of aromatic nitrogens is 1. The molecule has 0 spiro atoms. The number of pyridine rings is 1. The van der Waals surface area contributed by atoms with E-state index >= 15 is 0 Å². The van der Waals surface area contributed by atoms with E-state index in [0.29, 0.717) is 0 Å². The monoisotopic (exact) mass is 327 g/mol. The van der Waals surface area contributed by atoms with Crippen LogP contribution in [0.2, 0.25) is 0 Å². The average molecular weight is 327 g/mol. The highest BCUT2D eigenvalue weighted by Gasteiger charge is 2.21. The van der Waals surface area contributed by atoms with Crippen molar-refractivity contribution < 1.29 is 4.79 Å². The molecule has 0 saturated carbocycles. The van der Waals surface area contributed by atoms with E-state index in [0.717, 1.165) is 55.9 Å². The smallest absolute Gasteiger partial charge is 0.321 e. The van der Waals surface area contributed by atoms with Crippen LogP contribution in [0.5, 0.6) is 0 Å². The number of amides is 2. The maximum Gasteiger partial charge on any atom is 0.321 e. The predicted molar refractivity (Wildman–Crippen MR) is 97.3 cm³/mol. The van der Waals surface area contributed by atoms with Crippen molar-refractivity contribution in [1.29, 1.82) is 0 Å². The predicted octanol–water partition coefficient (Wildman–Crippen LogP) is 1.95. The SMILES string of the molecule is CN(C)CCN1CCN(C(=O)Nc2cccc3cccnc23)CC1. The fourth-order valence-electron chi connectivity index (χ4n) is 2.92. The number of benzene rings is 1. The van der Waals surface area contributed by atoms with E-state index in [2.05, 4.69) is 34.2 Å². The molecule has 1 fully saturated rings. The number of nitrogens with one attached hydrogen (secondary N) is 1. The zero-order valence-electron chi connectivity index (χ0n) is 14.4. The second kappa shape index (κ2) is 7.59. The molecular weight excluding hydrogens is 302 g/mol. The fourth-order valence-corrected chi connectivity index (χ4v) is 2.92. The number of hydrogen-bond donors (Lipinski definition) is 1. The molecule has 1 aromatic carbocycles. The third-order valence-corrected chi connectivity index (χ3v) is 4.40. The first-order chi connectivity index (χ1) is 11.6. The van der Waals surface area contributed by atoms with E-state index in [1.807, 2.05) is 35.2 Å². The van der Waals surface area contributed by atoms with Gasteiger partial charge in [0.05, 0.1) is 11.2 Å². The second-order valence-electron chi connectivity index (χ2n) is 6.44. The van der Waals surface area contributed by atoms with Gasteiger partial charge in [0.15, 0.2) is 0 Å². The van der Waals surface area contributed by atoms with Gasteiger partial charge in [0.1, 0.15) is 0 Å². The minimum atomic E-state index is -0.0413. The van der Waals surface area contributed by atoms with Crippen LogP contribution in [0.15, 0.2) is 36.5 Å². The topological polar surface area (TPSA) is 51.7 Å². The summed E-state index contributed by atoms with van der Waals surface area (Å²) in [6.07, 6.45) is 1.75. The lowest BCUT2D eigenvalue weighted by molar-refractivity contribution is 0.140. The molecule has 0 radical (unpaired) electrons. The lowest BCUT2D eigenvalue weighted by Gasteiger charge is -2.35. The Bertz CT molecular complexity index is 689. The van der Waals surface area contributed by atoms with Crippen molar-refractivity contribution >= 4 is 22.6 Å². The summed E-state index contributed by atoms with van der Waals surface area (Å²) >= 11 is 0. The van der Waals surface area contributed by atoms with Crippen LogP contribution >= 0.6 is 0 Å². The molecular formula is C18H25N5O. The van der Waals surface area contributed by atoms with Crippen molar-refractivity contribution in [2.75, 3.05) is 58.7 Å². The first-order valence-electron chi connectivity index (χ1n) is 8.40. The number of fused-ring (bicyclic) bond motifs is 1. The van der Waals surface area contributed by atoms with E-state index in [9.17, 15) is 4.79 Å². The van der Waals surface area contributed by atoms with Gasteiger partial charge in [-0.1, -0.05) is 18.2 Å². The van der Waals surface area contributed by atoms with Crippen LogP contribution in [0.4, 0.5) is 10.5 Å². The van der Waals surface area contributed by atoms with Crippen LogP contribution in [-0.4, -0.2) is 79.1 Å². The van der Waals surface area contributed by atoms with Crippen molar-refractivity contribution in [2.45, 2.75) is 0 Å². The average Bonchev–Trinajstić information content (AvgIpc) is 2.60. The van der Waals surface area contributed by atoms with E-state index in [1.54, 1.807) is 6.20 Å². The molecule has 0 unspecified atom stereocenters. The maximum atomic E-state index is 12.5. The summed E-state index contributed by atoms with van der Waals surface area (Å²) in [6.45, 7) is 5.47. The summed E-state index contributed by atoms with van der Waals surface area (Å²) in [4.78, 5) is 23.4. The summed E-state index contributed by atoms with van der Waals surface area (Å²) in [5.74, 6) is 0. The van der Waals surface area contributed by atoms with Crippen molar-refractivity contribution in [2.24, 2.45) is 0 Å². The molecule has 2 amide bonds. The number of hydrogen-bond acceptors (Lipinski definition) is 4. The van der Waals surface area contributed by atoms with Gasteiger partial charge in [0.25, 0.3) is 0 Å². The van der Waals surface area contributed by atoms with Gasteiger partial charge in [-0.15, -0.1) is 0 Å². The molecule has 2 heterocycles. The first kappa shape index (κ1) is 16.7. The van der Waals surface area contributed by atoms with Gasteiger partial charge >= 0.3 is 6.03 Å². The highest BCUT2D eigenvalue weighted by molar-refractivity contribution is 5.99. The molecule has 24 heavy (non-hydrogen) atoms. The third-order valence-electron chi connectivity index (χ3n) is 4.40. The number of rotatable bonds is 4. The Balaban J connectivity index is 1.58. The van der Waals surface area contributed by atoms with Gasteiger partial charge in [-0.2, -0.15) is 0 Å². The lowest BCUT2D eigenvalue weighted by atomic mass is 10.2. The van der Waals surface area contributed by atoms with Crippen molar-refractivity contribution in [1.82, 2.24) is 19.7 Å². The Morgan fingerprint density at radius 3 is 2.67 bits per heavy atom. The molecule has 128 valence electrons. The number of piperazine rings is 1. The molecule has 1 aliphatic heterocycles. The zero-order valence-corrected chi connectivity index (χ0v) is 14.4. The summed E-state index contributed by atoms with van der Waals surface area (Å²) in [5, 5.41) is 4.05. The number of likely N-dealkylation sites (N-methyl/N-ethyl adjacent to an activating group) is 1. The van der Waals surface area contributed by atoms with Crippen molar-refractivity contribution in [3.05, 3.63) is 36.5 Å². The van der Waals surface area contributed by atoms with Gasteiger partial charge in [-0.05, 0) is 26.2 Å². The van der Waals surface area contributed by atoms with Crippen molar-refractivity contribution in [3.63, 3.8) is 0 Å². The number of nitrogens with zero attached hydrogens (tertiary/aromatic N) is 4. The van der Waals surface area contributed by atoms with Gasteiger partial charge in [0.2, 0.25) is 0 Å². The Morgan fingerprint density at radius 1 is 1.17 bits per heavy atom. The summed E-state index contributed by atoms with van der Waals surface area (Å²) < 4.78 is 0. The quantitative estimate of drug-likeness (QED) is 0.932. The van der Waals surface area contributed by atoms with Crippen LogP contribution < -0.4 is 5.32 Å². The molecule has 0 aliphatic carbocycles. The highest BCUT2D eigenvalue weighted by Crippen LogP contribution is 2.21. The van der Waals surface area contributed by atoms with Gasteiger partial charge in [0, 0.05) is 50.9 Å². The Kier molecular flexibility index (Phi) is 5.27.